The van der Waals surface area contributed by atoms with Gasteiger partial charge in [-0.1, -0.05) is 30.3 Å². The molecule has 0 saturated heterocycles. The molecular formula is C19H17N3O2. The van der Waals surface area contributed by atoms with Crippen LogP contribution in [0.2, 0.25) is 0 Å². The van der Waals surface area contributed by atoms with E-state index in [2.05, 4.69) is 10.3 Å². The fraction of sp³-hybridized carbons (Fsp3) is 0.0526. The van der Waals surface area contributed by atoms with Gasteiger partial charge in [-0.3, -0.25) is 9.78 Å². The number of ether oxygens (including phenoxy) is 1. The molecule has 3 rings (SSSR count). The first-order chi connectivity index (χ1) is 11.7. The van der Waals surface area contributed by atoms with Crippen molar-refractivity contribution in [1.29, 1.82) is 0 Å². The van der Waals surface area contributed by atoms with Gasteiger partial charge in [-0.05, 0) is 35.9 Å². The largest absolute Gasteiger partial charge is 0.457 e. The number of nitrogens with two attached hydrogens (primary N) is 1. The van der Waals surface area contributed by atoms with E-state index in [-0.39, 0.29) is 5.91 Å². The van der Waals surface area contributed by atoms with E-state index in [1.54, 1.807) is 42.6 Å². The van der Waals surface area contributed by atoms with Crippen LogP contribution in [0.3, 0.4) is 0 Å². The zero-order valence-corrected chi connectivity index (χ0v) is 13.0. The molecule has 0 saturated carbocycles. The topological polar surface area (TPSA) is 77.2 Å². The van der Waals surface area contributed by atoms with Crippen molar-refractivity contribution in [2.45, 2.75) is 6.54 Å². The highest BCUT2D eigenvalue weighted by Gasteiger charge is 2.08. The third kappa shape index (κ3) is 4.10. The summed E-state index contributed by atoms with van der Waals surface area (Å²) in [6.45, 7) is 0.449. The monoisotopic (exact) mass is 319 g/mol. The predicted octanol–water partition coefficient (Wildman–Crippen LogP) is 3.39. The lowest BCUT2D eigenvalue weighted by atomic mass is 10.2. The maximum atomic E-state index is 12.2. The minimum Gasteiger partial charge on any atom is -0.457 e. The smallest absolute Gasteiger partial charge is 0.270 e. The van der Waals surface area contributed by atoms with E-state index in [0.29, 0.717) is 29.4 Å². The lowest BCUT2D eigenvalue weighted by Crippen LogP contribution is -2.23. The summed E-state index contributed by atoms with van der Waals surface area (Å²) in [5.74, 6) is 0.937. The molecule has 0 radical (unpaired) electrons. The summed E-state index contributed by atoms with van der Waals surface area (Å²) in [7, 11) is 0. The molecule has 1 heterocycles. The number of hydrogen-bond acceptors (Lipinski definition) is 4. The first-order valence-electron chi connectivity index (χ1n) is 7.52. The van der Waals surface area contributed by atoms with Crippen molar-refractivity contribution in [3.63, 3.8) is 0 Å². The summed E-state index contributed by atoms with van der Waals surface area (Å²) in [6, 6.07) is 20.1. The van der Waals surface area contributed by atoms with E-state index < -0.39 is 0 Å². The second kappa shape index (κ2) is 7.28. The summed E-state index contributed by atoms with van der Waals surface area (Å²) in [5.41, 5.74) is 7.64. The van der Waals surface area contributed by atoms with Crippen LogP contribution in [0.25, 0.3) is 0 Å². The lowest BCUT2D eigenvalue weighted by Gasteiger charge is -2.08. The number of carbonyl (C=O) groups excluding carboxylic acids is 1. The highest BCUT2D eigenvalue weighted by atomic mass is 16.5. The van der Waals surface area contributed by atoms with Crippen LogP contribution in [0.15, 0.2) is 72.9 Å². The number of nitrogens with zero attached hydrogens (tertiary/aromatic N) is 1. The van der Waals surface area contributed by atoms with Crippen LogP contribution < -0.4 is 15.8 Å². The molecule has 0 aliphatic rings. The van der Waals surface area contributed by atoms with Crippen LogP contribution in [0.1, 0.15) is 16.1 Å². The Balaban J connectivity index is 1.65. The van der Waals surface area contributed by atoms with Gasteiger partial charge in [0.05, 0.1) is 0 Å². The van der Waals surface area contributed by atoms with Gasteiger partial charge in [-0.2, -0.15) is 0 Å². The molecule has 120 valence electrons. The van der Waals surface area contributed by atoms with E-state index in [4.69, 9.17) is 10.5 Å². The number of anilines is 1. The summed E-state index contributed by atoms with van der Waals surface area (Å²) in [6.07, 6.45) is 1.55. The summed E-state index contributed by atoms with van der Waals surface area (Å²) < 4.78 is 5.71. The zero-order chi connectivity index (χ0) is 16.8. The Morgan fingerprint density at radius 3 is 2.50 bits per heavy atom. The molecule has 0 fully saturated rings. The Hall–Kier alpha value is -3.34. The number of nitrogen functional groups attached to an aromatic ring is 1. The number of nitrogens with one attached hydrogen (secondary N) is 1. The van der Waals surface area contributed by atoms with Crippen molar-refractivity contribution < 1.29 is 9.53 Å². The molecule has 3 aromatic rings. The highest BCUT2D eigenvalue weighted by molar-refractivity contribution is 5.92. The lowest BCUT2D eigenvalue weighted by molar-refractivity contribution is 0.0945. The molecular weight excluding hydrogens is 302 g/mol. The molecule has 1 amide bonds. The maximum absolute atomic E-state index is 12.2. The van der Waals surface area contributed by atoms with Crippen LogP contribution in [0.4, 0.5) is 5.69 Å². The second-order valence-electron chi connectivity index (χ2n) is 5.22. The first-order valence-corrected chi connectivity index (χ1v) is 7.52. The van der Waals surface area contributed by atoms with Crippen LogP contribution in [0.5, 0.6) is 11.5 Å². The third-order valence-corrected chi connectivity index (χ3v) is 3.38. The van der Waals surface area contributed by atoms with Gasteiger partial charge >= 0.3 is 0 Å². The fourth-order valence-electron chi connectivity index (χ4n) is 2.14. The second-order valence-corrected chi connectivity index (χ2v) is 5.22. The standard InChI is InChI=1S/C19H17N3O2/c20-15-6-8-16(9-7-15)24-17-10-11-21-18(12-17)19(23)22-13-14-4-2-1-3-5-14/h1-12H,13,20H2,(H,22,23). The van der Waals surface area contributed by atoms with Crippen molar-refractivity contribution in [1.82, 2.24) is 10.3 Å². The minimum absolute atomic E-state index is 0.249. The molecule has 5 heteroatoms. The average Bonchev–Trinajstić information content (AvgIpc) is 2.63. The number of amides is 1. The Morgan fingerprint density at radius 1 is 1.00 bits per heavy atom. The highest BCUT2D eigenvalue weighted by Crippen LogP contribution is 2.22. The average molecular weight is 319 g/mol. The van der Waals surface area contributed by atoms with Crippen LogP contribution in [0, 0.1) is 0 Å². The van der Waals surface area contributed by atoms with Crippen molar-refractivity contribution >= 4 is 11.6 Å². The number of rotatable bonds is 5. The van der Waals surface area contributed by atoms with Crippen molar-refractivity contribution in [3.8, 4) is 11.5 Å². The molecule has 0 aliphatic carbocycles. The quantitative estimate of drug-likeness (QED) is 0.707. The van der Waals surface area contributed by atoms with Gasteiger partial charge in [0.15, 0.2) is 0 Å². The van der Waals surface area contributed by atoms with Crippen LogP contribution >= 0.6 is 0 Å². The molecule has 3 N–H and O–H groups in total. The summed E-state index contributed by atoms with van der Waals surface area (Å²) >= 11 is 0. The van der Waals surface area contributed by atoms with Crippen molar-refractivity contribution in [2.24, 2.45) is 0 Å². The predicted molar refractivity (Wildman–Crippen MR) is 92.8 cm³/mol. The van der Waals surface area contributed by atoms with E-state index in [0.717, 1.165) is 5.56 Å². The van der Waals surface area contributed by atoms with Crippen LogP contribution in [-0.2, 0) is 6.54 Å². The number of pyridine rings is 1. The Labute approximate surface area is 140 Å². The Bertz CT molecular complexity index is 818. The molecule has 0 spiro atoms. The first kappa shape index (κ1) is 15.6. The van der Waals surface area contributed by atoms with E-state index >= 15 is 0 Å². The van der Waals surface area contributed by atoms with Gasteiger partial charge < -0.3 is 15.8 Å². The normalized spacial score (nSPS) is 10.2. The van der Waals surface area contributed by atoms with Gasteiger partial charge in [0.25, 0.3) is 5.91 Å². The fourth-order valence-corrected chi connectivity index (χ4v) is 2.14. The molecule has 24 heavy (non-hydrogen) atoms. The number of hydrogen-bond donors (Lipinski definition) is 2. The van der Waals surface area contributed by atoms with Gasteiger partial charge in [-0.25, -0.2) is 0 Å². The maximum Gasteiger partial charge on any atom is 0.270 e. The summed E-state index contributed by atoms with van der Waals surface area (Å²) in [5, 5.41) is 2.84. The SMILES string of the molecule is Nc1ccc(Oc2ccnc(C(=O)NCc3ccccc3)c2)cc1. The third-order valence-electron chi connectivity index (χ3n) is 3.38. The van der Waals surface area contributed by atoms with E-state index in [9.17, 15) is 4.79 Å². The van der Waals surface area contributed by atoms with E-state index in [1.807, 2.05) is 30.3 Å². The Morgan fingerprint density at radius 2 is 1.75 bits per heavy atom. The van der Waals surface area contributed by atoms with Crippen molar-refractivity contribution in [3.05, 3.63) is 84.2 Å². The molecule has 0 bridgehead atoms. The zero-order valence-electron chi connectivity index (χ0n) is 13.0. The molecule has 0 atom stereocenters. The molecule has 0 aliphatic heterocycles. The van der Waals surface area contributed by atoms with E-state index in [1.165, 1.54) is 0 Å². The molecule has 1 aromatic heterocycles. The number of aromatic nitrogens is 1. The van der Waals surface area contributed by atoms with Crippen LogP contribution in [-0.4, -0.2) is 10.9 Å². The van der Waals surface area contributed by atoms with Gasteiger partial charge in [-0.15, -0.1) is 0 Å². The summed E-state index contributed by atoms with van der Waals surface area (Å²) in [4.78, 5) is 16.3. The number of benzene rings is 2. The molecule has 5 nitrogen and oxygen atoms in total. The minimum atomic E-state index is -0.249. The van der Waals surface area contributed by atoms with Gasteiger partial charge in [0, 0.05) is 24.5 Å². The van der Waals surface area contributed by atoms with Crippen molar-refractivity contribution in [2.75, 3.05) is 5.73 Å². The Kier molecular flexibility index (Phi) is 4.72. The number of carbonyl (C=O) groups is 1. The van der Waals surface area contributed by atoms with Gasteiger partial charge in [0.2, 0.25) is 0 Å². The van der Waals surface area contributed by atoms with Gasteiger partial charge in [0.1, 0.15) is 17.2 Å². The molecule has 2 aromatic carbocycles. The molecule has 0 unspecified atom stereocenters.